The molecule has 8 rings (SSSR count). The van der Waals surface area contributed by atoms with Crippen LogP contribution in [0.1, 0.15) is 106 Å². The molecule has 0 aliphatic carbocycles. The Bertz CT molecular complexity index is 2380. The van der Waals surface area contributed by atoms with Gasteiger partial charge in [-0.05, 0) is 95.3 Å². The molecule has 7 heterocycles. The number of imide groups is 2. The number of aliphatic hydroxyl groups is 1. The molecule has 310 valence electrons. The molecule has 59 heavy (non-hydrogen) atoms. The van der Waals surface area contributed by atoms with Crippen LogP contribution in [-0.2, 0) is 21.4 Å². The molecule has 3 fully saturated rings. The fraction of sp³-hybridized carbons (Fsp3) is 0.439. The predicted octanol–water partition coefficient (Wildman–Crippen LogP) is 4.86. The number of aromatic nitrogens is 3. The third-order valence-electron chi connectivity index (χ3n) is 11.8. The number of anilines is 2. The number of fused-ring (bicyclic) bond motifs is 2. The second kappa shape index (κ2) is 15.1. The van der Waals surface area contributed by atoms with E-state index in [-0.39, 0.29) is 41.3 Å². The number of benzene rings is 1. The molecule has 4 aromatic rings. The van der Waals surface area contributed by atoms with Gasteiger partial charge in [-0.3, -0.25) is 34.2 Å². The van der Waals surface area contributed by atoms with Gasteiger partial charge >= 0.3 is 6.18 Å². The molecule has 3 saturated heterocycles. The Morgan fingerprint density at radius 3 is 2.27 bits per heavy atom. The van der Waals surface area contributed by atoms with Crippen molar-refractivity contribution in [1.82, 2.24) is 29.5 Å². The van der Waals surface area contributed by atoms with E-state index in [2.05, 4.69) is 20.5 Å². The zero-order chi connectivity index (χ0) is 42.0. The molecular formula is C41H42F4N8O6. The second-order valence-electron chi connectivity index (χ2n) is 16.3. The maximum absolute atomic E-state index is 15.5. The third kappa shape index (κ3) is 7.90. The van der Waals surface area contributed by atoms with E-state index in [4.69, 9.17) is 4.98 Å². The summed E-state index contributed by atoms with van der Waals surface area (Å²) in [4.78, 5) is 77.0. The van der Waals surface area contributed by atoms with Crippen LogP contribution in [0.2, 0.25) is 0 Å². The minimum absolute atomic E-state index is 0.00642. The van der Waals surface area contributed by atoms with Crippen molar-refractivity contribution in [3.8, 4) is 0 Å². The molecule has 0 bridgehead atoms. The molecule has 1 aromatic carbocycles. The molecule has 14 nitrogen and oxygen atoms in total. The summed E-state index contributed by atoms with van der Waals surface area (Å²) in [5, 5.41) is 15.8. The number of imidazole rings is 1. The number of amides is 5. The highest BCUT2D eigenvalue weighted by Crippen LogP contribution is 2.36. The number of pyridine rings is 2. The summed E-state index contributed by atoms with van der Waals surface area (Å²) < 4.78 is 56.9. The standard InChI is InChI=1S/C41H42F4N8O6/c1-40(2,59)26-18-34-47-29(20-52(34)21-30(26)48-36(55)28-4-3-5-33(46-28)41(43,44)45)23-10-12-50(13-11-23)19-22-8-14-51(15-9-22)32-17-25-24(16-27(32)42)38(57)53(39(25)58)31-6-7-35(54)49-37(31)56/h3-5,16-18,20-23,31,59H,6-15,19H2,1-2H3,(H,48,55)(H,49,54,56)/t31-/m0/s1. The maximum atomic E-state index is 15.5. The van der Waals surface area contributed by atoms with Gasteiger partial charge in [0.25, 0.3) is 17.7 Å². The first-order valence-electron chi connectivity index (χ1n) is 19.6. The van der Waals surface area contributed by atoms with Crippen molar-refractivity contribution in [3.63, 3.8) is 0 Å². The quantitative estimate of drug-likeness (QED) is 0.165. The first kappa shape index (κ1) is 40.0. The molecule has 3 N–H and O–H groups in total. The van der Waals surface area contributed by atoms with Crippen LogP contribution in [0.15, 0.2) is 48.8 Å². The van der Waals surface area contributed by atoms with E-state index >= 15 is 4.39 Å². The Labute approximate surface area is 335 Å². The monoisotopic (exact) mass is 818 g/mol. The van der Waals surface area contributed by atoms with E-state index in [1.165, 1.54) is 26.0 Å². The molecule has 4 aliphatic rings. The highest BCUT2D eigenvalue weighted by molar-refractivity contribution is 6.23. The SMILES string of the molecule is CC(C)(O)c1cc2nc(C3CCN(CC4CCN(c5cc6c(cc5F)C(=O)N([C@H]5CCC(=O)NC5=O)C6=O)CC4)CC3)cn2cc1NC(=O)c1cccc(C(F)(F)F)n1. The second-order valence-corrected chi connectivity index (χ2v) is 16.3. The fourth-order valence-corrected chi connectivity index (χ4v) is 8.62. The molecule has 0 saturated carbocycles. The Kier molecular flexibility index (Phi) is 10.3. The lowest BCUT2D eigenvalue weighted by molar-refractivity contribution is -0.141. The zero-order valence-electron chi connectivity index (χ0n) is 32.3. The highest BCUT2D eigenvalue weighted by Gasteiger charge is 2.45. The van der Waals surface area contributed by atoms with Crippen molar-refractivity contribution < 1.29 is 46.6 Å². The van der Waals surface area contributed by atoms with Gasteiger partial charge in [0, 0.05) is 49.9 Å². The van der Waals surface area contributed by atoms with Gasteiger partial charge in [-0.2, -0.15) is 13.2 Å². The number of nitrogens with one attached hydrogen (secondary N) is 2. The topological polar surface area (TPSA) is 170 Å². The van der Waals surface area contributed by atoms with Crippen LogP contribution in [0.4, 0.5) is 28.9 Å². The van der Waals surface area contributed by atoms with Crippen LogP contribution < -0.4 is 15.5 Å². The molecule has 5 amide bonds. The molecule has 3 aromatic heterocycles. The van der Waals surface area contributed by atoms with E-state index in [1.54, 1.807) is 16.7 Å². The fourth-order valence-electron chi connectivity index (χ4n) is 8.62. The number of likely N-dealkylation sites (tertiary alicyclic amines) is 1. The number of alkyl halides is 3. The molecule has 0 radical (unpaired) electrons. The largest absolute Gasteiger partial charge is 0.433 e. The number of piperidine rings is 3. The molecule has 4 aliphatic heterocycles. The number of halogens is 4. The molecule has 0 unspecified atom stereocenters. The van der Waals surface area contributed by atoms with Gasteiger partial charge < -0.3 is 24.6 Å². The normalized spacial score (nSPS) is 20.1. The highest BCUT2D eigenvalue weighted by atomic mass is 19.4. The summed E-state index contributed by atoms with van der Waals surface area (Å²) in [6, 6.07) is 6.08. The van der Waals surface area contributed by atoms with Crippen molar-refractivity contribution in [2.45, 2.75) is 76.1 Å². The van der Waals surface area contributed by atoms with Crippen molar-refractivity contribution in [1.29, 1.82) is 0 Å². The molecule has 0 spiro atoms. The average Bonchev–Trinajstić information content (AvgIpc) is 3.71. The van der Waals surface area contributed by atoms with Crippen LogP contribution in [-0.4, -0.2) is 97.6 Å². The van der Waals surface area contributed by atoms with Gasteiger partial charge in [0.1, 0.15) is 28.9 Å². The van der Waals surface area contributed by atoms with Gasteiger partial charge in [-0.1, -0.05) is 6.07 Å². The molecule has 1 atom stereocenters. The van der Waals surface area contributed by atoms with Crippen molar-refractivity contribution in [2.24, 2.45) is 5.92 Å². The van der Waals surface area contributed by atoms with Crippen LogP contribution >= 0.6 is 0 Å². The van der Waals surface area contributed by atoms with E-state index in [0.29, 0.717) is 30.2 Å². The number of hydrogen-bond donors (Lipinski definition) is 3. The lowest BCUT2D eigenvalue weighted by atomic mass is 9.91. The van der Waals surface area contributed by atoms with Gasteiger partial charge in [0.05, 0.1) is 33.8 Å². The smallest absolute Gasteiger partial charge is 0.386 e. The summed E-state index contributed by atoms with van der Waals surface area (Å²) in [6.07, 6.45) is 2.03. The number of rotatable bonds is 8. The van der Waals surface area contributed by atoms with E-state index in [0.717, 1.165) is 74.1 Å². The number of carbonyl (C=O) groups is 5. The Morgan fingerprint density at radius 2 is 1.61 bits per heavy atom. The summed E-state index contributed by atoms with van der Waals surface area (Å²) >= 11 is 0. The van der Waals surface area contributed by atoms with Crippen molar-refractivity contribution >= 4 is 46.6 Å². The van der Waals surface area contributed by atoms with E-state index < -0.39 is 64.6 Å². The average molecular weight is 819 g/mol. The Morgan fingerprint density at radius 1 is 0.915 bits per heavy atom. The van der Waals surface area contributed by atoms with Crippen molar-refractivity contribution in [2.75, 3.05) is 42.9 Å². The molecule has 18 heteroatoms. The minimum Gasteiger partial charge on any atom is -0.386 e. The number of carbonyl (C=O) groups excluding carboxylic acids is 5. The van der Waals surface area contributed by atoms with E-state index in [9.17, 15) is 42.3 Å². The first-order valence-corrected chi connectivity index (χ1v) is 19.6. The summed E-state index contributed by atoms with van der Waals surface area (Å²) in [7, 11) is 0. The Balaban J connectivity index is 0.874. The number of hydrogen-bond acceptors (Lipinski definition) is 10. The minimum atomic E-state index is -4.72. The zero-order valence-corrected chi connectivity index (χ0v) is 32.3. The maximum Gasteiger partial charge on any atom is 0.433 e. The summed E-state index contributed by atoms with van der Waals surface area (Å²) in [5.74, 6) is -3.59. The summed E-state index contributed by atoms with van der Waals surface area (Å²) in [5.41, 5.74) is -0.910. The molecular weight excluding hydrogens is 776 g/mol. The lowest BCUT2D eigenvalue weighted by Crippen LogP contribution is -2.54. The van der Waals surface area contributed by atoms with Crippen molar-refractivity contribution in [3.05, 3.63) is 88.4 Å². The van der Waals surface area contributed by atoms with Crippen LogP contribution in [0, 0.1) is 11.7 Å². The third-order valence-corrected chi connectivity index (χ3v) is 11.8. The van der Waals surface area contributed by atoms with Gasteiger partial charge in [0.2, 0.25) is 11.8 Å². The Hall–Kier alpha value is -5.75. The lowest BCUT2D eigenvalue weighted by Gasteiger charge is -2.38. The van der Waals surface area contributed by atoms with Crippen LogP contribution in [0.3, 0.4) is 0 Å². The van der Waals surface area contributed by atoms with E-state index in [1.807, 2.05) is 11.1 Å². The van der Waals surface area contributed by atoms with Crippen LogP contribution in [0.5, 0.6) is 0 Å². The summed E-state index contributed by atoms with van der Waals surface area (Å²) in [6.45, 7) is 6.72. The van der Waals surface area contributed by atoms with Gasteiger partial charge in [-0.25, -0.2) is 14.4 Å². The predicted molar refractivity (Wildman–Crippen MR) is 204 cm³/mol. The van der Waals surface area contributed by atoms with Gasteiger partial charge in [0.15, 0.2) is 0 Å². The van der Waals surface area contributed by atoms with Gasteiger partial charge in [-0.15, -0.1) is 0 Å². The first-order chi connectivity index (χ1) is 27.9. The van der Waals surface area contributed by atoms with Crippen LogP contribution in [0.25, 0.3) is 5.65 Å². The number of nitrogens with zero attached hydrogens (tertiary/aromatic N) is 6.